The molecule has 0 spiro atoms. The Bertz CT molecular complexity index is 968. The van der Waals surface area contributed by atoms with Gasteiger partial charge in [-0.15, -0.1) is 0 Å². The predicted molar refractivity (Wildman–Crippen MR) is 97.8 cm³/mol. The van der Waals surface area contributed by atoms with E-state index in [0.29, 0.717) is 5.56 Å². The highest BCUT2D eigenvalue weighted by Crippen LogP contribution is 2.34. The van der Waals surface area contributed by atoms with Crippen molar-refractivity contribution in [3.05, 3.63) is 41.7 Å². The van der Waals surface area contributed by atoms with Crippen molar-refractivity contribution < 1.29 is 40.5 Å². The van der Waals surface area contributed by atoms with Gasteiger partial charge < -0.3 is 18.9 Å². The molecule has 0 bridgehead atoms. The third kappa shape index (κ3) is 5.04. The van der Waals surface area contributed by atoms with Gasteiger partial charge in [-0.25, -0.2) is 12.8 Å². The second-order valence-corrected chi connectivity index (χ2v) is 7.78. The van der Waals surface area contributed by atoms with Crippen molar-refractivity contribution in [3.63, 3.8) is 0 Å². The van der Waals surface area contributed by atoms with Gasteiger partial charge in [0.05, 0.1) is 21.3 Å². The number of nitrogens with zero attached hydrogens (tertiary/aromatic N) is 1. The fourth-order valence-corrected chi connectivity index (χ4v) is 3.76. The Morgan fingerprint density at radius 3 is 2.03 bits per heavy atom. The molecule has 0 aliphatic carbocycles. The van der Waals surface area contributed by atoms with E-state index in [1.54, 1.807) is 0 Å². The molecule has 0 heterocycles. The fourth-order valence-electron chi connectivity index (χ4n) is 2.55. The quantitative estimate of drug-likeness (QED) is 0.602. The number of hydrogen-bond acceptors (Lipinski definition) is 6. The zero-order chi connectivity index (χ0) is 21.8. The van der Waals surface area contributed by atoms with Crippen LogP contribution in [0.4, 0.5) is 13.2 Å². The predicted octanol–water partition coefficient (Wildman–Crippen LogP) is 3.27. The second-order valence-electron chi connectivity index (χ2n) is 5.76. The summed E-state index contributed by atoms with van der Waals surface area (Å²) in [6.45, 7) is -3.22. The van der Waals surface area contributed by atoms with Gasteiger partial charge in [-0.3, -0.25) is 0 Å². The molecule has 11 heteroatoms. The first kappa shape index (κ1) is 22.6. The van der Waals surface area contributed by atoms with Crippen molar-refractivity contribution in [1.82, 2.24) is 4.31 Å². The lowest BCUT2D eigenvalue weighted by Gasteiger charge is -2.19. The summed E-state index contributed by atoms with van der Waals surface area (Å²) >= 11 is 0. The first-order chi connectivity index (χ1) is 13.6. The normalized spacial score (nSPS) is 11.6. The van der Waals surface area contributed by atoms with Gasteiger partial charge in [0.2, 0.25) is 10.0 Å². The van der Waals surface area contributed by atoms with Gasteiger partial charge in [-0.05, 0) is 17.7 Å². The number of ether oxygens (including phenoxy) is 4. The molecule has 0 amide bonds. The molecule has 0 aliphatic heterocycles. The molecule has 0 aliphatic rings. The first-order valence-electron chi connectivity index (χ1n) is 8.13. The molecular weight excluding hydrogens is 415 g/mol. The Kier molecular flexibility index (Phi) is 7.20. The summed E-state index contributed by atoms with van der Waals surface area (Å²) in [4.78, 5) is -0.595. The molecule has 0 aromatic heterocycles. The van der Waals surface area contributed by atoms with Crippen molar-refractivity contribution in [2.45, 2.75) is 18.1 Å². The Hall–Kier alpha value is -2.66. The van der Waals surface area contributed by atoms with E-state index in [9.17, 15) is 21.6 Å². The van der Waals surface area contributed by atoms with Gasteiger partial charge in [-0.2, -0.15) is 13.1 Å². The minimum absolute atomic E-state index is 0.00546. The molecule has 0 atom stereocenters. The zero-order valence-electron chi connectivity index (χ0n) is 16.1. The van der Waals surface area contributed by atoms with Gasteiger partial charge in [0, 0.05) is 25.7 Å². The van der Waals surface area contributed by atoms with Crippen LogP contribution in [0.2, 0.25) is 0 Å². The van der Waals surface area contributed by atoms with Crippen LogP contribution in [0.5, 0.6) is 23.0 Å². The molecule has 0 saturated carbocycles. The fraction of sp³-hybridized carbons (Fsp3) is 0.333. The van der Waals surface area contributed by atoms with Crippen LogP contribution in [0.3, 0.4) is 0 Å². The van der Waals surface area contributed by atoms with E-state index in [1.807, 2.05) is 0 Å². The highest BCUT2D eigenvalue weighted by molar-refractivity contribution is 7.89. The van der Waals surface area contributed by atoms with Crippen molar-refractivity contribution >= 4 is 10.0 Å². The van der Waals surface area contributed by atoms with Gasteiger partial charge in [0.1, 0.15) is 10.7 Å². The molecule has 0 unspecified atom stereocenters. The standard InChI is InChI=1S/C18H20F3NO6S/c1-22(10-11-5-6-13(28-18(20)21)14(7-11)25-2)29(23,24)17-9-16(27-4)15(26-3)8-12(17)19/h5-9,18H,10H2,1-4H3. The molecule has 0 radical (unpaired) electrons. The summed E-state index contributed by atoms with van der Waals surface area (Å²) in [5.41, 5.74) is 0.412. The van der Waals surface area contributed by atoms with Crippen LogP contribution in [0.25, 0.3) is 0 Å². The minimum atomic E-state index is -4.24. The van der Waals surface area contributed by atoms with Crippen molar-refractivity contribution in [2.24, 2.45) is 0 Å². The zero-order valence-corrected chi connectivity index (χ0v) is 16.9. The Morgan fingerprint density at radius 1 is 0.931 bits per heavy atom. The van der Waals surface area contributed by atoms with Gasteiger partial charge >= 0.3 is 6.61 Å². The SMILES string of the molecule is COc1cc(F)c(S(=O)(=O)N(C)Cc2ccc(OC(F)F)c(OC)c2)cc1OC. The Labute approximate surface area is 166 Å². The summed E-state index contributed by atoms with van der Waals surface area (Å²) in [5, 5.41) is 0. The second kappa shape index (κ2) is 9.23. The van der Waals surface area contributed by atoms with Crippen LogP contribution in [-0.4, -0.2) is 47.7 Å². The van der Waals surface area contributed by atoms with Gasteiger partial charge in [0.25, 0.3) is 0 Å². The van der Waals surface area contributed by atoms with Crippen LogP contribution in [0.15, 0.2) is 35.2 Å². The summed E-state index contributed by atoms with van der Waals surface area (Å²) in [6.07, 6.45) is 0. The molecule has 0 fully saturated rings. The third-order valence-electron chi connectivity index (χ3n) is 3.98. The smallest absolute Gasteiger partial charge is 0.387 e. The van der Waals surface area contributed by atoms with Crippen LogP contribution in [-0.2, 0) is 16.6 Å². The monoisotopic (exact) mass is 435 g/mol. The molecule has 160 valence electrons. The average molecular weight is 435 g/mol. The molecule has 2 aromatic carbocycles. The van der Waals surface area contributed by atoms with Crippen molar-refractivity contribution in [3.8, 4) is 23.0 Å². The minimum Gasteiger partial charge on any atom is -0.493 e. The lowest BCUT2D eigenvalue weighted by molar-refractivity contribution is -0.0512. The number of rotatable bonds is 9. The molecule has 2 aromatic rings. The highest BCUT2D eigenvalue weighted by Gasteiger charge is 2.27. The van der Waals surface area contributed by atoms with Crippen LogP contribution in [0, 0.1) is 5.82 Å². The van der Waals surface area contributed by atoms with E-state index in [4.69, 9.17) is 14.2 Å². The van der Waals surface area contributed by atoms with Gasteiger partial charge in [0.15, 0.2) is 23.0 Å². The van der Waals surface area contributed by atoms with E-state index in [-0.39, 0.29) is 29.5 Å². The number of benzene rings is 2. The van der Waals surface area contributed by atoms with Crippen LogP contribution >= 0.6 is 0 Å². The number of sulfonamides is 1. The number of halogens is 3. The molecule has 0 N–H and O–H groups in total. The van der Waals surface area contributed by atoms with Crippen molar-refractivity contribution in [1.29, 1.82) is 0 Å². The van der Waals surface area contributed by atoms with E-state index >= 15 is 0 Å². The lowest BCUT2D eigenvalue weighted by atomic mass is 10.2. The molecule has 7 nitrogen and oxygen atoms in total. The number of hydrogen-bond donors (Lipinski definition) is 0. The van der Waals surface area contributed by atoms with E-state index in [0.717, 1.165) is 16.4 Å². The maximum Gasteiger partial charge on any atom is 0.387 e. The lowest BCUT2D eigenvalue weighted by Crippen LogP contribution is -2.27. The van der Waals surface area contributed by atoms with Crippen LogP contribution in [0.1, 0.15) is 5.56 Å². The summed E-state index contributed by atoms with van der Waals surface area (Å²) < 4.78 is 85.1. The molecule has 2 rings (SSSR count). The maximum absolute atomic E-state index is 14.4. The topological polar surface area (TPSA) is 74.3 Å². The van der Waals surface area contributed by atoms with E-state index in [1.165, 1.54) is 46.6 Å². The Morgan fingerprint density at radius 2 is 1.48 bits per heavy atom. The summed E-state index contributed by atoms with van der Waals surface area (Å²) in [5.74, 6) is -1.09. The first-order valence-corrected chi connectivity index (χ1v) is 9.57. The average Bonchev–Trinajstić information content (AvgIpc) is 2.68. The third-order valence-corrected chi connectivity index (χ3v) is 5.79. The number of alkyl halides is 2. The largest absolute Gasteiger partial charge is 0.493 e. The summed E-state index contributed by atoms with van der Waals surface area (Å²) in [6, 6.07) is 5.93. The van der Waals surface area contributed by atoms with Gasteiger partial charge in [-0.1, -0.05) is 6.07 Å². The van der Waals surface area contributed by atoms with E-state index in [2.05, 4.69) is 4.74 Å². The summed E-state index contributed by atoms with van der Waals surface area (Å²) in [7, 11) is 0.864. The molecular formula is C18H20F3NO6S. The maximum atomic E-state index is 14.4. The van der Waals surface area contributed by atoms with Crippen LogP contribution < -0.4 is 18.9 Å². The van der Waals surface area contributed by atoms with E-state index < -0.39 is 27.3 Å². The molecule has 29 heavy (non-hydrogen) atoms. The highest BCUT2D eigenvalue weighted by atomic mass is 32.2. The number of methoxy groups -OCH3 is 3. The van der Waals surface area contributed by atoms with Crippen molar-refractivity contribution in [2.75, 3.05) is 28.4 Å². The Balaban J connectivity index is 2.34. The molecule has 0 saturated heterocycles.